The summed E-state index contributed by atoms with van der Waals surface area (Å²) in [4.78, 5) is 14.9. The highest BCUT2D eigenvalue weighted by Gasteiger charge is 2.14. The van der Waals surface area contributed by atoms with Crippen LogP contribution >= 0.6 is 0 Å². The van der Waals surface area contributed by atoms with E-state index in [1.165, 1.54) is 18.9 Å². The average Bonchev–Trinajstić information content (AvgIpc) is 2.53. The first-order chi connectivity index (χ1) is 7.13. The van der Waals surface area contributed by atoms with E-state index in [9.17, 15) is 4.79 Å². The molecule has 0 aliphatic carbocycles. The Morgan fingerprint density at radius 2 is 2.40 bits per heavy atom. The molecule has 0 spiro atoms. The van der Waals surface area contributed by atoms with Gasteiger partial charge in [-0.25, -0.2) is 0 Å². The summed E-state index contributed by atoms with van der Waals surface area (Å²) in [5.74, 6) is -0.406. The van der Waals surface area contributed by atoms with Crippen molar-refractivity contribution >= 4 is 5.91 Å². The molecule has 4 heteroatoms. The minimum Gasteiger partial charge on any atom is -0.366 e. The average molecular weight is 209 g/mol. The minimum absolute atomic E-state index is 0.406. The highest BCUT2D eigenvalue weighted by Crippen LogP contribution is 2.15. The Morgan fingerprint density at radius 1 is 1.67 bits per heavy atom. The smallest absolute Gasteiger partial charge is 0.241 e. The number of amides is 1. The van der Waals surface area contributed by atoms with Crippen LogP contribution in [0.3, 0.4) is 0 Å². The summed E-state index contributed by atoms with van der Waals surface area (Å²) in [6.45, 7) is 4.13. The number of hydrogen-bond donors (Lipinski definition) is 1. The molecule has 1 amide bonds. The zero-order valence-electron chi connectivity index (χ0n) is 9.44. The molecular formula is C11H19N3O. The molecule has 0 atom stereocenters. The zero-order valence-corrected chi connectivity index (χ0v) is 9.44. The van der Waals surface area contributed by atoms with Crippen LogP contribution in [0.25, 0.3) is 0 Å². The maximum absolute atomic E-state index is 10.6. The summed E-state index contributed by atoms with van der Waals surface area (Å²) < 4.78 is 0. The van der Waals surface area contributed by atoms with Crippen LogP contribution in [-0.2, 0) is 4.79 Å². The van der Waals surface area contributed by atoms with Gasteiger partial charge in [-0.05, 0) is 12.5 Å². The van der Waals surface area contributed by atoms with Gasteiger partial charge in [-0.15, -0.1) is 0 Å². The minimum atomic E-state index is -0.406. The van der Waals surface area contributed by atoms with E-state index >= 15 is 0 Å². The summed E-state index contributed by atoms with van der Waals surface area (Å²) >= 11 is 0. The van der Waals surface area contributed by atoms with Crippen LogP contribution in [-0.4, -0.2) is 36.0 Å². The van der Waals surface area contributed by atoms with Gasteiger partial charge in [0.25, 0.3) is 0 Å². The Kier molecular flexibility index (Phi) is 4.21. The summed E-state index contributed by atoms with van der Waals surface area (Å²) in [5, 5.41) is 0. The summed E-state index contributed by atoms with van der Waals surface area (Å²) in [7, 11) is 2.00. The van der Waals surface area contributed by atoms with Gasteiger partial charge in [-0.3, -0.25) is 4.79 Å². The third kappa shape index (κ3) is 3.65. The summed E-state index contributed by atoms with van der Waals surface area (Å²) in [5.41, 5.74) is 6.08. The molecule has 4 nitrogen and oxygen atoms in total. The second-order valence-corrected chi connectivity index (χ2v) is 3.79. The van der Waals surface area contributed by atoms with Gasteiger partial charge in [0.15, 0.2) is 0 Å². The van der Waals surface area contributed by atoms with Crippen LogP contribution in [0.4, 0.5) is 0 Å². The highest BCUT2D eigenvalue weighted by atomic mass is 16.1. The normalized spacial score (nSPS) is 16.3. The number of nitrogens with zero attached hydrogens (tertiary/aromatic N) is 2. The number of unbranched alkanes of at least 4 members (excludes halogenated alkanes) is 1. The lowest BCUT2D eigenvalue weighted by atomic mass is 10.3. The summed E-state index contributed by atoms with van der Waals surface area (Å²) in [6.07, 6.45) is 7.60. The number of nitrogens with two attached hydrogens (primary N) is 1. The first-order valence-corrected chi connectivity index (χ1v) is 5.28. The van der Waals surface area contributed by atoms with E-state index in [4.69, 9.17) is 5.73 Å². The van der Waals surface area contributed by atoms with E-state index in [0.717, 1.165) is 18.9 Å². The van der Waals surface area contributed by atoms with E-state index in [0.29, 0.717) is 0 Å². The Balaban J connectivity index is 2.52. The van der Waals surface area contributed by atoms with Crippen molar-refractivity contribution in [2.24, 2.45) is 5.73 Å². The van der Waals surface area contributed by atoms with Gasteiger partial charge in [-0.2, -0.15) is 0 Å². The molecule has 0 fully saturated rings. The molecule has 15 heavy (non-hydrogen) atoms. The van der Waals surface area contributed by atoms with Crippen molar-refractivity contribution < 1.29 is 4.79 Å². The lowest BCUT2D eigenvalue weighted by Gasteiger charge is -2.18. The molecule has 0 aromatic heterocycles. The van der Waals surface area contributed by atoms with Gasteiger partial charge in [0, 0.05) is 25.9 Å². The Bertz CT molecular complexity index is 284. The van der Waals surface area contributed by atoms with E-state index in [2.05, 4.69) is 22.9 Å². The van der Waals surface area contributed by atoms with Gasteiger partial charge in [0.2, 0.25) is 5.91 Å². The van der Waals surface area contributed by atoms with Gasteiger partial charge in [0.05, 0.1) is 12.4 Å². The van der Waals surface area contributed by atoms with Crippen LogP contribution in [0.2, 0.25) is 0 Å². The van der Waals surface area contributed by atoms with Crippen molar-refractivity contribution in [3.63, 3.8) is 0 Å². The molecule has 0 unspecified atom stereocenters. The Morgan fingerprint density at radius 3 is 3.00 bits per heavy atom. The highest BCUT2D eigenvalue weighted by molar-refractivity contribution is 5.86. The molecule has 0 aromatic rings. The number of hydrogen-bond acceptors (Lipinski definition) is 3. The molecule has 0 aromatic carbocycles. The van der Waals surface area contributed by atoms with Crippen molar-refractivity contribution in [3.05, 3.63) is 24.0 Å². The standard InChI is InChI=1S/C11H19N3O/c1-3-4-7-14-8-10(13(2)9-14)5-6-11(12)15/h5-6,8H,3-4,7,9H2,1-2H3,(H2,12,15). The predicted molar refractivity (Wildman–Crippen MR) is 60.7 cm³/mol. The molecule has 84 valence electrons. The quantitative estimate of drug-likeness (QED) is 0.684. The fourth-order valence-electron chi connectivity index (χ4n) is 1.51. The molecule has 0 saturated carbocycles. The monoisotopic (exact) mass is 209 g/mol. The number of primary amides is 1. The number of carbonyl (C=O) groups excluding carboxylic acids is 1. The fraction of sp³-hybridized carbons (Fsp3) is 0.545. The molecular weight excluding hydrogens is 190 g/mol. The van der Waals surface area contributed by atoms with Crippen molar-refractivity contribution in [1.82, 2.24) is 9.80 Å². The van der Waals surface area contributed by atoms with Crippen LogP contribution in [0.1, 0.15) is 19.8 Å². The first-order valence-electron chi connectivity index (χ1n) is 5.28. The van der Waals surface area contributed by atoms with Crippen molar-refractivity contribution in [2.75, 3.05) is 20.3 Å². The zero-order chi connectivity index (χ0) is 11.3. The second kappa shape index (κ2) is 5.44. The number of rotatable bonds is 5. The van der Waals surface area contributed by atoms with Gasteiger partial charge < -0.3 is 15.5 Å². The third-order valence-electron chi connectivity index (χ3n) is 2.37. The molecule has 0 saturated heterocycles. The van der Waals surface area contributed by atoms with E-state index in [1.807, 2.05) is 7.05 Å². The number of carbonyl (C=O) groups is 1. The molecule has 0 bridgehead atoms. The predicted octanol–water partition coefficient (Wildman–Crippen LogP) is 0.874. The van der Waals surface area contributed by atoms with Crippen LogP contribution < -0.4 is 5.73 Å². The van der Waals surface area contributed by atoms with Crippen LogP contribution in [0.15, 0.2) is 24.0 Å². The molecule has 2 N–H and O–H groups in total. The second-order valence-electron chi connectivity index (χ2n) is 3.79. The van der Waals surface area contributed by atoms with Crippen LogP contribution in [0, 0.1) is 0 Å². The van der Waals surface area contributed by atoms with Crippen molar-refractivity contribution in [2.45, 2.75) is 19.8 Å². The van der Waals surface area contributed by atoms with Crippen molar-refractivity contribution in [3.8, 4) is 0 Å². The third-order valence-corrected chi connectivity index (χ3v) is 2.37. The lowest BCUT2D eigenvalue weighted by molar-refractivity contribution is -0.113. The van der Waals surface area contributed by atoms with E-state index < -0.39 is 5.91 Å². The lowest BCUT2D eigenvalue weighted by Crippen LogP contribution is -2.24. The van der Waals surface area contributed by atoms with Gasteiger partial charge >= 0.3 is 0 Å². The molecule has 1 aliphatic heterocycles. The summed E-state index contributed by atoms with van der Waals surface area (Å²) in [6, 6.07) is 0. The maximum atomic E-state index is 10.6. The number of likely N-dealkylation sites (N-methyl/N-ethyl adjacent to an activating group) is 1. The first kappa shape index (κ1) is 11.6. The van der Waals surface area contributed by atoms with Crippen LogP contribution in [0.5, 0.6) is 0 Å². The van der Waals surface area contributed by atoms with E-state index in [1.54, 1.807) is 6.08 Å². The number of allylic oxidation sites excluding steroid dienone is 1. The van der Waals surface area contributed by atoms with Crippen molar-refractivity contribution in [1.29, 1.82) is 0 Å². The molecule has 1 rings (SSSR count). The molecule has 0 radical (unpaired) electrons. The largest absolute Gasteiger partial charge is 0.366 e. The topological polar surface area (TPSA) is 49.6 Å². The van der Waals surface area contributed by atoms with Gasteiger partial charge in [0.1, 0.15) is 0 Å². The Labute approximate surface area is 91.0 Å². The molecule has 1 aliphatic rings. The maximum Gasteiger partial charge on any atom is 0.241 e. The SMILES string of the molecule is CCCCN1C=C(C=CC(N)=O)N(C)C1. The van der Waals surface area contributed by atoms with Gasteiger partial charge in [-0.1, -0.05) is 13.3 Å². The fourth-order valence-corrected chi connectivity index (χ4v) is 1.51. The van der Waals surface area contributed by atoms with E-state index in [-0.39, 0.29) is 0 Å². The molecule has 1 heterocycles. The Hall–Kier alpha value is -1.45.